The molecule has 2 unspecified atom stereocenters. The Labute approximate surface area is 184 Å². The van der Waals surface area contributed by atoms with Gasteiger partial charge in [-0.05, 0) is 48.0 Å². The molecule has 3 amide bonds. The van der Waals surface area contributed by atoms with E-state index < -0.39 is 47.4 Å². The Bertz CT molecular complexity index is 1270. The zero-order valence-corrected chi connectivity index (χ0v) is 16.7. The molecule has 5 nitrogen and oxygen atoms in total. The van der Waals surface area contributed by atoms with Gasteiger partial charge in [-0.3, -0.25) is 19.3 Å². The fourth-order valence-electron chi connectivity index (χ4n) is 4.30. The predicted molar refractivity (Wildman–Crippen MR) is 109 cm³/mol. The molecule has 0 spiro atoms. The highest BCUT2D eigenvalue weighted by molar-refractivity contribution is 6.24. The molecule has 2 aliphatic rings. The van der Waals surface area contributed by atoms with Crippen LogP contribution in [0.3, 0.4) is 0 Å². The zero-order valence-electron chi connectivity index (χ0n) is 16.7. The molecule has 2 aliphatic heterocycles. The number of hydrogen-bond acceptors (Lipinski definition) is 3. The van der Waals surface area contributed by atoms with Crippen LogP contribution in [0.15, 0.2) is 72.8 Å². The monoisotopic (exact) mass is 454 g/mol. The summed E-state index contributed by atoms with van der Waals surface area (Å²) in [5.74, 6) is -2.58. The number of benzene rings is 3. The minimum Gasteiger partial charge on any atom is -0.300 e. The van der Waals surface area contributed by atoms with E-state index in [1.807, 2.05) is 0 Å². The molecule has 5 rings (SSSR count). The van der Waals surface area contributed by atoms with E-state index in [1.54, 1.807) is 12.1 Å². The summed E-state index contributed by atoms with van der Waals surface area (Å²) < 4.78 is 53.3. The molecule has 0 bridgehead atoms. The fourth-order valence-corrected chi connectivity index (χ4v) is 4.30. The quantitative estimate of drug-likeness (QED) is 0.330. The average molecular weight is 454 g/mol. The average Bonchev–Trinajstić information content (AvgIpc) is 3.03. The Morgan fingerprint density at radius 3 is 1.88 bits per heavy atom. The molecule has 0 aliphatic carbocycles. The number of fused-ring (bicyclic) bond motifs is 1. The molecule has 0 N–H and O–H groups in total. The Hall–Kier alpha value is -4.01. The second kappa shape index (κ2) is 7.26. The Kier molecular flexibility index (Phi) is 4.59. The van der Waals surface area contributed by atoms with Gasteiger partial charge >= 0.3 is 6.18 Å². The number of halogens is 4. The number of β-lactam (4-membered cyclic amide) rings is 1. The summed E-state index contributed by atoms with van der Waals surface area (Å²) in [6.07, 6.45) is -4.63. The molecule has 3 aromatic rings. The molecule has 0 saturated carbocycles. The lowest BCUT2D eigenvalue weighted by Gasteiger charge is -2.49. The summed E-state index contributed by atoms with van der Waals surface area (Å²) in [4.78, 5) is 41.1. The molecule has 1 saturated heterocycles. The van der Waals surface area contributed by atoms with Gasteiger partial charge in [0.15, 0.2) is 0 Å². The van der Waals surface area contributed by atoms with Crippen LogP contribution in [0.5, 0.6) is 0 Å². The van der Waals surface area contributed by atoms with Gasteiger partial charge in [-0.15, -0.1) is 0 Å². The Balaban J connectivity index is 1.59. The molecular weight excluding hydrogens is 440 g/mol. The third-order valence-electron chi connectivity index (χ3n) is 5.83. The lowest BCUT2D eigenvalue weighted by atomic mass is 9.86. The van der Waals surface area contributed by atoms with Gasteiger partial charge in [-0.25, -0.2) is 4.39 Å². The van der Waals surface area contributed by atoms with Gasteiger partial charge in [0.05, 0.1) is 22.7 Å². The summed E-state index contributed by atoms with van der Waals surface area (Å²) in [6.45, 7) is 0. The lowest BCUT2D eigenvalue weighted by molar-refractivity contribution is -0.137. The number of carbonyl (C=O) groups is 3. The van der Waals surface area contributed by atoms with Crippen molar-refractivity contribution in [3.63, 3.8) is 0 Å². The van der Waals surface area contributed by atoms with Crippen molar-refractivity contribution in [2.24, 2.45) is 0 Å². The van der Waals surface area contributed by atoms with Gasteiger partial charge in [0.25, 0.3) is 17.7 Å². The second-order valence-electron chi connectivity index (χ2n) is 7.72. The number of rotatable bonds is 3. The molecule has 0 radical (unpaired) electrons. The molecular formula is C24H14F4N2O3. The van der Waals surface area contributed by atoms with Gasteiger partial charge in [0.2, 0.25) is 0 Å². The third kappa shape index (κ3) is 3.19. The summed E-state index contributed by atoms with van der Waals surface area (Å²) >= 11 is 0. The minimum absolute atomic E-state index is 0.0444. The molecule has 166 valence electrons. The lowest BCUT2D eigenvalue weighted by Crippen LogP contribution is -2.67. The van der Waals surface area contributed by atoms with E-state index in [0.717, 1.165) is 34.1 Å². The standard InChI is InChI=1S/C24H14F4N2O3/c25-15-10-8-13(9-11-15)19-20(30-21(31)17-6-1-2-7-18(17)22(30)32)23(33)29(19)16-5-3-4-14(12-16)24(26,27)28/h1-12,19-20H. The smallest absolute Gasteiger partial charge is 0.300 e. The van der Waals surface area contributed by atoms with Crippen LogP contribution in [0.1, 0.15) is 37.9 Å². The van der Waals surface area contributed by atoms with Crippen molar-refractivity contribution >= 4 is 23.4 Å². The molecule has 9 heteroatoms. The van der Waals surface area contributed by atoms with Crippen molar-refractivity contribution in [2.45, 2.75) is 18.3 Å². The van der Waals surface area contributed by atoms with Crippen LogP contribution >= 0.6 is 0 Å². The van der Waals surface area contributed by atoms with Crippen molar-refractivity contribution in [3.8, 4) is 0 Å². The Morgan fingerprint density at radius 2 is 1.30 bits per heavy atom. The van der Waals surface area contributed by atoms with E-state index in [-0.39, 0.29) is 16.8 Å². The van der Waals surface area contributed by atoms with Crippen LogP contribution in [-0.4, -0.2) is 28.7 Å². The number of amides is 3. The summed E-state index contributed by atoms with van der Waals surface area (Å²) in [5, 5.41) is 0. The number of hydrogen-bond donors (Lipinski definition) is 0. The first-order valence-corrected chi connectivity index (χ1v) is 9.91. The highest BCUT2D eigenvalue weighted by atomic mass is 19.4. The Morgan fingerprint density at radius 1 is 0.697 bits per heavy atom. The number of alkyl halides is 3. The van der Waals surface area contributed by atoms with Gasteiger partial charge in [0, 0.05) is 5.69 Å². The topological polar surface area (TPSA) is 57.7 Å². The van der Waals surface area contributed by atoms with E-state index in [2.05, 4.69) is 0 Å². The maximum Gasteiger partial charge on any atom is 0.416 e. The molecule has 33 heavy (non-hydrogen) atoms. The van der Waals surface area contributed by atoms with E-state index in [4.69, 9.17) is 0 Å². The van der Waals surface area contributed by atoms with E-state index >= 15 is 0 Å². The molecule has 2 heterocycles. The third-order valence-corrected chi connectivity index (χ3v) is 5.83. The zero-order chi connectivity index (χ0) is 23.5. The molecule has 1 fully saturated rings. The van der Waals surface area contributed by atoms with Crippen LogP contribution < -0.4 is 4.90 Å². The maximum absolute atomic E-state index is 13.5. The van der Waals surface area contributed by atoms with Gasteiger partial charge in [-0.1, -0.05) is 30.3 Å². The largest absolute Gasteiger partial charge is 0.416 e. The van der Waals surface area contributed by atoms with Crippen molar-refractivity contribution in [2.75, 3.05) is 4.90 Å². The second-order valence-corrected chi connectivity index (χ2v) is 7.72. The maximum atomic E-state index is 13.5. The van der Waals surface area contributed by atoms with Crippen LogP contribution in [-0.2, 0) is 11.0 Å². The normalized spacial score (nSPS) is 20.2. The minimum atomic E-state index is -4.63. The highest BCUT2D eigenvalue weighted by Crippen LogP contribution is 2.45. The van der Waals surface area contributed by atoms with Crippen molar-refractivity contribution in [3.05, 3.63) is 101 Å². The van der Waals surface area contributed by atoms with Crippen molar-refractivity contribution < 1.29 is 31.9 Å². The van der Waals surface area contributed by atoms with E-state index in [9.17, 15) is 31.9 Å². The van der Waals surface area contributed by atoms with Gasteiger partial charge < -0.3 is 4.90 Å². The van der Waals surface area contributed by atoms with Crippen LogP contribution in [0.25, 0.3) is 0 Å². The number of carbonyl (C=O) groups excluding carboxylic acids is 3. The molecule has 0 aromatic heterocycles. The first kappa shape index (κ1) is 20.9. The summed E-state index contributed by atoms with van der Waals surface area (Å²) in [6, 6.07) is 13.1. The number of anilines is 1. The SMILES string of the molecule is O=C1c2ccccc2C(=O)N1C1C(=O)N(c2cccc(C(F)(F)F)c2)C1c1ccc(F)cc1. The van der Waals surface area contributed by atoms with Crippen molar-refractivity contribution in [1.82, 2.24) is 4.90 Å². The highest BCUT2D eigenvalue weighted by Gasteiger charge is 2.57. The fraction of sp³-hybridized carbons (Fsp3) is 0.125. The number of nitrogens with zero attached hydrogens (tertiary/aromatic N) is 2. The van der Waals surface area contributed by atoms with Crippen LogP contribution in [0.4, 0.5) is 23.2 Å². The van der Waals surface area contributed by atoms with Gasteiger partial charge in [0.1, 0.15) is 11.9 Å². The molecule has 3 aromatic carbocycles. The van der Waals surface area contributed by atoms with Crippen molar-refractivity contribution in [1.29, 1.82) is 0 Å². The van der Waals surface area contributed by atoms with E-state index in [1.165, 1.54) is 36.4 Å². The number of imide groups is 1. The molecule has 2 atom stereocenters. The van der Waals surface area contributed by atoms with Gasteiger partial charge in [-0.2, -0.15) is 13.2 Å². The predicted octanol–water partition coefficient (Wildman–Crippen LogP) is 4.60. The van der Waals surface area contributed by atoms with E-state index in [0.29, 0.717) is 5.56 Å². The first-order chi connectivity index (χ1) is 15.7. The van der Waals surface area contributed by atoms with Crippen LogP contribution in [0, 0.1) is 5.82 Å². The summed E-state index contributed by atoms with van der Waals surface area (Å²) in [7, 11) is 0. The first-order valence-electron chi connectivity index (χ1n) is 9.91. The van der Waals surface area contributed by atoms with Crippen LogP contribution in [0.2, 0.25) is 0 Å². The summed E-state index contributed by atoms with van der Waals surface area (Å²) in [5.41, 5.74) is -0.335.